The molecule has 0 bridgehead atoms. The zero-order valence-electron chi connectivity index (χ0n) is 10.6. The van der Waals surface area contributed by atoms with Gasteiger partial charge in [-0.1, -0.05) is 12.8 Å². The first-order valence-electron chi connectivity index (χ1n) is 6.15. The molecule has 0 aromatic heterocycles. The van der Waals surface area contributed by atoms with Crippen molar-refractivity contribution in [3.05, 3.63) is 0 Å². The Kier molecular flexibility index (Phi) is 10.5. The number of rotatable bonds is 10. The summed E-state index contributed by atoms with van der Waals surface area (Å²) in [6.07, 6.45) is 4.72. The summed E-state index contributed by atoms with van der Waals surface area (Å²) < 4.78 is 4.86. The molecular formula is C12H25NO3. The topological polar surface area (TPSA) is 49.8 Å². The summed E-state index contributed by atoms with van der Waals surface area (Å²) in [4.78, 5) is 13.2. The molecule has 4 nitrogen and oxygen atoms in total. The smallest absolute Gasteiger partial charge is 0.307 e. The summed E-state index contributed by atoms with van der Waals surface area (Å²) in [5, 5.41) is 8.61. The van der Waals surface area contributed by atoms with Crippen LogP contribution >= 0.6 is 0 Å². The van der Waals surface area contributed by atoms with Gasteiger partial charge in [0, 0.05) is 13.2 Å². The molecule has 0 radical (unpaired) electrons. The summed E-state index contributed by atoms with van der Waals surface area (Å²) in [7, 11) is 2.02. The maximum absolute atomic E-state index is 11.1. The molecule has 0 rings (SSSR count). The Morgan fingerprint density at radius 1 is 1.19 bits per heavy atom. The lowest BCUT2D eigenvalue weighted by Crippen LogP contribution is -2.23. The van der Waals surface area contributed by atoms with Crippen LogP contribution in [0.25, 0.3) is 0 Å². The lowest BCUT2D eigenvalue weighted by Gasteiger charge is -2.15. The van der Waals surface area contributed by atoms with E-state index in [-0.39, 0.29) is 5.97 Å². The number of carbonyl (C=O) groups excluding carboxylic acids is 1. The third-order valence-corrected chi connectivity index (χ3v) is 2.45. The lowest BCUT2D eigenvalue weighted by atomic mass is 10.2. The third kappa shape index (κ3) is 9.93. The van der Waals surface area contributed by atoms with Crippen LogP contribution in [0.15, 0.2) is 0 Å². The number of nitrogens with zero attached hydrogens (tertiary/aromatic N) is 1. The van der Waals surface area contributed by atoms with Crippen LogP contribution in [0.4, 0.5) is 0 Å². The fourth-order valence-electron chi connectivity index (χ4n) is 1.47. The van der Waals surface area contributed by atoms with E-state index in [1.54, 1.807) is 0 Å². The van der Waals surface area contributed by atoms with Gasteiger partial charge in [0.25, 0.3) is 0 Å². The van der Waals surface area contributed by atoms with Crippen LogP contribution in [-0.4, -0.2) is 49.3 Å². The molecule has 4 heteroatoms. The number of hydrogen-bond donors (Lipinski definition) is 1. The molecule has 0 aliphatic heterocycles. The first-order chi connectivity index (χ1) is 7.70. The summed E-state index contributed by atoms with van der Waals surface area (Å²) in [5.41, 5.74) is 0. The Morgan fingerprint density at radius 2 is 1.88 bits per heavy atom. The highest BCUT2D eigenvalue weighted by atomic mass is 16.5. The quantitative estimate of drug-likeness (QED) is 0.456. The van der Waals surface area contributed by atoms with Gasteiger partial charge >= 0.3 is 5.97 Å². The molecule has 0 aromatic rings. The Balaban J connectivity index is 3.30. The van der Waals surface area contributed by atoms with Gasteiger partial charge in [0.05, 0.1) is 13.0 Å². The van der Waals surface area contributed by atoms with E-state index < -0.39 is 0 Å². The van der Waals surface area contributed by atoms with E-state index in [1.807, 2.05) is 14.0 Å². The van der Waals surface area contributed by atoms with Gasteiger partial charge in [0.15, 0.2) is 0 Å². The van der Waals surface area contributed by atoms with Gasteiger partial charge in [-0.25, -0.2) is 0 Å². The molecule has 0 aromatic carbocycles. The zero-order chi connectivity index (χ0) is 12.2. The molecule has 1 N–H and O–H groups in total. The molecule has 0 saturated heterocycles. The van der Waals surface area contributed by atoms with Crippen molar-refractivity contribution >= 4 is 5.97 Å². The van der Waals surface area contributed by atoms with Crippen LogP contribution in [0, 0.1) is 0 Å². The van der Waals surface area contributed by atoms with Crippen molar-refractivity contribution in [3.8, 4) is 0 Å². The number of aliphatic hydroxyl groups is 1. The van der Waals surface area contributed by atoms with E-state index in [4.69, 9.17) is 9.84 Å². The molecule has 0 aliphatic carbocycles. The van der Waals surface area contributed by atoms with Gasteiger partial charge in [-0.05, 0) is 33.4 Å². The van der Waals surface area contributed by atoms with E-state index >= 15 is 0 Å². The molecule has 16 heavy (non-hydrogen) atoms. The van der Waals surface area contributed by atoms with Crippen LogP contribution < -0.4 is 0 Å². The van der Waals surface area contributed by atoms with Crippen molar-refractivity contribution < 1.29 is 14.6 Å². The molecule has 0 fully saturated rings. The van der Waals surface area contributed by atoms with Crippen molar-refractivity contribution in [1.29, 1.82) is 0 Å². The van der Waals surface area contributed by atoms with E-state index in [0.717, 1.165) is 38.8 Å². The summed E-state index contributed by atoms with van der Waals surface area (Å²) in [5.74, 6) is -0.116. The SMILES string of the molecule is CCOC(=O)CCN(C)CCCCCCO. The van der Waals surface area contributed by atoms with Crippen molar-refractivity contribution in [2.24, 2.45) is 0 Å². The third-order valence-electron chi connectivity index (χ3n) is 2.45. The van der Waals surface area contributed by atoms with Crippen molar-refractivity contribution in [2.75, 3.05) is 33.4 Å². The zero-order valence-corrected chi connectivity index (χ0v) is 10.6. The second kappa shape index (κ2) is 10.9. The van der Waals surface area contributed by atoms with Crippen LogP contribution in [0.3, 0.4) is 0 Å². The molecule has 0 heterocycles. The monoisotopic (exact) mass is 231 g/mol. The van der Waals surface area contributed by atoms with Crippen molar-refractivity contribution in [2.45, 2.75) is 39.0 Å². The number of ether oxygens (including phenoxy) is 1. The van der Waals surface area contributed by atoms with E-state index in [1.165, 1.54) is 0 Å². The number of carbonyl (C=O) groups is 1. The maximum atomic E-state index is 11.1. The van der Waals surface area contributed by atoms with Gasteiger partial charge in [-0.3, -0.25) is 4.79 Å². The Bertz CT molecular complexity index is 174. The second-order valence-electron chi connectivity index (χ2n) is 4.00. The standard InChI is InChI=1S/C12H25NO3/c1-3-16-12(15)8-10-13(2)9-6-4-5-7-11-14/h14H,3-11H2,1-2H3. The number of esters is 1. The number of hydrogen-bond acceptors (Lipinski definition) is 4. The van der Waals surface area contributed by atoms with E-state index in [0.29, 0.717) is 19.6 Å². The highest BCUT2D eigenvalue weighted by molar-refractivity contribution is 5.69. The molecule has 0 aliphatic rings. The van der Waals surface area contributed by atoms with Gasteiger partial charge in [0.1, 0.15) is 0 Å². The van der Waals surface area contributed by atoms with Crippen LogP contribution in [-0.2, 0) is 9.53 Å². The molecule has 0 unspecified atom stereocenters. The highest BCUT2D eigenvalue weighted by Crippen LogP contribution is 2.01. The minimum atomic E-state index is -0.116. The highest BCUT2D eigenvalue weighted by Gasteiger charge is 2.04. The van der Waals surface area contributed by atoms with Crippen molar-refractivity contribution in [3.63, 3.8) is 0 Å². The summed E-state index contributed by atoms with van der Waals surface area (Å²) >= 11 is 0. The molecule has 0 amide bonds. The fraction of sp³-hybridized carbons (Fsp3) is 0.917. The van der Waals surface area contributed by atoms with Gasteiger partial charge < -0.3 is 14.7 Å². The van der Waals surface area contributed by atoms with E-state index in [2.05, 4.69) is 4.90 Å². The number of unbranched alkanes of at least 4 members (excludes halogenated alkanes) is 3. The average Bonchev–Trinajstić information content (AvgIpc) is 2.26. The minimum Gasteiger partial charge on any atom is -0.466 e. The largest absolute Gasteiger partial charge is 0.466 e. The molecule has 0 saturated carbocycles. The average molecular weight is 231 g/mol. The summed E-state index contributed by atoms with van der Waals surface area (Å²) in [6, 6.07) is 0. The normalized spacial score (nSPS) is 10.8. The fourth-order valence-corrected chi connectivity index (χ4v) is 1.47. The Labute approximate surface area is 98.6 Å². The Morgan fingerprint density at radius 3 is 2.50 bits per heavy atom. The molecule has 0 spiro atoms. The first-order valence-corrected chi connectivity index (χ1v) is 6.15. The van der Waals surface area contributed by atoms with Crippen LogP contribution in [0.5, 0.6) is 0 Å². The molecule has 0 atom stereocenters. The molecule has 96 valence electrons. The Hall–Kier alpha value is -0.610. The first kappa shape index (κ1) is 15.4. The van der Waals surface area contributed by atoms with Gasteiger partial charge in [-0.2, -0.15) is 0 Å². The second-order valence-corrected chi connectivity index (χ2v) is 4.00. The number of aliphatic hydroxyl groups excluding tert-OH is 1. The predicted octanol–water partition coefficient (Wildman–Crippen LogP) is 1.42. The lowest BCUT2D eigenvalue weighted by molar-refractivity contribution is -0.143. The van der Waals surface area contributed by atoms with Gasteiger partial charge in [-0.15, -0.1) is 0 Å². The van der Waals surface area contributed by atoms with Crippen LogP contribution in [0.1, 0.15) is 39.0 Å². The van der Waals surface area contributed by atoms with Crippen molar-refractivity contribution in [1.82, 2.24) is 4.90 Å². The predicted molar refractivity (Wildman–Crippen MR) is 64.3 cm³/mol. The maximum Gasteiger partial charge on any atom is 0.307 e. The van der Waals surface area contributed by atoms with E-state index in [9.17, 15) is 4.79 Å². The van der Waals surface area contributed by atoms with Crippen LogP contribution in [0.2, 0.25) is 0 Å². The van der Waals surface area contributed by atoms with Gasteiger partial charge in [0.2, 0.25) is 0 Å². The summed E-state index contributed by atoms with van der Waals surface area (Å²) in [6.45, 7) is 4.34. The minimum absolute atomic E-state index is 0.116. The molecular weight excluding hydrogens is 206 g/mol.